The summed E-state index contributed by atoms with van der Waals surface area (Å²) in [5.41, 5.74) is -0.715. The quantitative estimate of drug-likeness (QED) is 0.557. The molecule has 0 spiro atoms. The van der Waals surface area contributed by atoms with Crippen LogP contribution < -0.4 is 5.32 Å². The Labute approximate surface area is 79.3 Å². The van der Waals surface area contributed by atoms with E-state index in [1.165, 1.54) is 19.2 Å². The third-order valence-corrected chi connectivity index (χ3v) is 1.64. The molecule has 14 heavy (non-hydrogen) atoms. The Balaban J connectivity index is 3.43. The smallest absolute Gasteiger partial charge is 0.344 e. The number of carboxylic acid groups (broad SMARTS) is 1. The number of anilines is 1. The molecule has 1 aromatic carbocycles. The summed E-state index contributed by atoms with van der Waals surface area (Å²) in [6.45, 7) is 0. The van der Waals surface area contributed by atoms with Crippen LogP contribution in [0.5, 0.6) is 0 Å². The van der Waals surface area contributed by atoms with Crippen molar-refractivity contribution in [2.24, 2.45) is 0 Å². The standard InChI is InChI=1S/C8H7N2O4/c1-9-5-3-2-4-6(10(13)14)7(5)8(11)12/h2-3,9H,1H3,(H,11,12). The minimum Gasteiger partial charge on any atom is -0.477 e. The molecule has 2 N–H and O–H groups in total. The van der Waals surface area contributed by atoms with Crippen LogP contribution in [0, 0.1) is 16.2 Å². The van der Waals surface area contributed by atoms with E-state index in [1.54, 1.807) is 0 Å². The number of nitro groups is 1. The summed E-state index contributed by atoms with van der Waals surface area (Å²) < 4.78 is 0. The molecule has 0 atom stereocenters. The fraction of sp³-hybridized carbons (Fsp3) is 0.125. The summed E-state index contributed by atoms with van der Waals surface area (Å²) in [5.74, 6) is -1.35. The van der Waals surface area contributed by atoms with Crippen molar-refractivity contribution in [1.29, 1.82) is 0 Å². The number of nitrogens with zero attached hydrogens (tertiary/aromatic N) is 1. The highest BCUT2D eigenvalue weighted by Gasteiger charge is 2.23. The van der Waals surface area contributed by atoms with Crippen molar-refractivity contribution in [3.05, 3.63) is 33.9 Å². The molecule has 0 unspecified atom stereocenters. The second-order valence-electron chi connectivity index (χ2n) is 2.43. The first kappa shape index (κ1) is 9.97. The van der Waals surface area contributed by atoms with E-state index in [0.717, 1.165) is 0 Å². The first-order chi connectivity index (χ1) is 6.57. The lowest BCUT2D eigenvalue weighted by Crippen LogP contribution is -2.06. The zero-order chi connectivity index (χ0) is 10.7. The average Bonchev–Trinajstić information content (AvgIpc) is 2.16. The van der Waals surface area contributed by atoms with Gasteiger partial charge in [0, 0.05) is 7.05 Å². The predicted octanol–water partition coefficient (Wildman–Crippen LogP) is 1.13. The number of carbonyl (C=O) groups is 1. The molecular formula is C8H7N2O4. The van der Waals surface area contributed by atoms with E-state index in [1.807, 2.05) is 0 Å². The van der Waals surface area contributed by atoms with Crippen LogP contribution in [-0.4, -0.2) is 23.0 Å². The van der Waals surface area contributed by atoms with E-state index < -0.39 is 16.6 Å². The van der Waals surface area contributed by atoms with Gasteiger partial charge in [-0.05, 0) is 12.1 Å². The van der Waals surface area contributed by atoms with E-state index in [-0.39, 0.29) is 11.3 Å². The number of nitro benzene ring substituents is 1. The number of carboxylic acids is 1. The zero-order valence-electron chi connectivity index (χ0n) is 7.27. The van der Waals surface area contributed by atoms with Gasteiger partial charge in [-0.3, -0.25) is 10.1 Å². The molecule has 0 bridgehead atoms. The molecule has 6 nitrogen and oxygen atoms in total. The molecule has 0 saturated carbocycles. The van der Waals surface area contributed by atoms with Crippen molar-refractivity contribution in [3.8, 4) is 0 Å². The van der Waals surface area contributed by atoms with Crippen LogP contribution in [0.3, 0.4) is 0 Å². The number of benzene rings is 1. The van der Waals surface area contributed by atoms with Crippen LogP contribution in [0.2, 0.25) is 0 Å². The minimum absolute atomic E-state index is 0.197. The lowest BCUT2D eigenvalue weighted by molar-refractivity contribution is -0.385. The fourth-order valence-electron chi connectivity index (χ4n) is 1.06. The van der Waals surface area contributed by atoms with Gasteiger partial charge in [-0.2, -0.15) is 0 Å². The van der Waals surface area contributed by atoms with Crippen molar-refractivity contribution >= 4 is 17.3 Å². The van der Waals surface area contributed by atoms with Crippen molar-refractivity contribution in [1.82, 2.24) is 0 Å². The molecule has 1 rings (SSSR count). The fourth-order valence-corrected chi connectivity index (χ4v) is 1.06. The van der Waals surface area contributed by atoms with Crippen LogP contribution in [-0.2, 0) is 0 Å². The maximum atomic E-state index is 10.7. The van der Waals surface area contributed by atoms with E-state index in [9.17, 15) is 14.9 Å². The molecule has 73 valence electrons. The second kappa shape index (κ2) is 3.73. The normalized spacial score (nSPS) is 9.50. The molecule has 0 aromatic heterocycles. The monoisotopic (exact) mass is 195 g/mol. The third-order valence-electron chi connectivity index (χ3n) is 1.64. The SMILES string of the molecule is CNc1cc[c]c([N+](=O)[O-])c1C(=O)O. The van der Waals surface area contributed by atoms with Gasteiger partial charge < -0.3 is 10.4 Å². The van der Waals surface area contributed by atoms with Gasteiger partial charge in [0.1, 0.15) is 0 Å². The van der Waals surface area contributed by atoms with Crippen LogP contribution in [0.4, 0.5) is 11.4 Å². The second-order valence-corrected chi connectivity index (χ2v) is 2.43. The molecule has 0 amide bonds. The van der Waals surface area contributed by atoms with E-state index in [0.29, 0.717) is 0 Å². The van der Waals surface area contributed by atoms with Gasteiger partial charge in [-0.1, -0.05) is 0 Å². The summed E-state index contributed by atoms with van der Waals surface area (Å²) in [6.07, 6.45) is 0. The number of hydrogen-bond donors (Lipinski definition) is 2. The van der Waals surface area contributed by atoms with Gasteiger partial charge in [0.25, 0.3) is 5.69 Å². The predicted molar refractivity (Wildman–Crippen MR) is 48.4 cm³/mol. The number of hydrogen-bond acceptors (Lipinski definition) is 4. The van der Waals surface area contributed by atoms with Gasteiger partial charge in [-0.15, -0.1) is 0 Å². The highest BCUT2D eigenvalue weighted by molar-refractivity contribution is 5.98. The maximum Gasteiger partial charge on any atom is 0.344 e. The van der Waals surface area contributed by atoms with Gasteiger partial charge in [0.2, 0.25) is 0 Å². The summed E-state index contributed by atoms with van der Waals surface area (Å²) in [6, 6.07) is 4.99. The molecule has 0 aliphatic heterocycles. The van der Waals surface area contributed by atoms with Crippen LogP contribution in [0.25, 0.3) is 0 Å². The molecule has 1 radical (unpaired) electrons. The Hall–Kier alpha value is -2.11. The minimum atomic E-state index is -1.35. The van der Waals surface area contributed by atoms with Crippen molar-refractivity contribution in [2.45, 2.75) is 0 Å². The van der Waals surface area contributed by atoms with Crippen LogP contribution in [0.1, 0.15) is 10.4 Å². The largest absolute Gasteiger partial charge is 0.477 e. The van der Waals surface area contributed by atoms with E-state index in [4.69, 9.17) is 5.11 Å². The Bertz CT molecular complexity index is 389. The highest BCUT2D eigenvalue weighted by atomic mass is 16.6. The average molecular weight is 195 g/mol. The van der Waals surface area contributed by atoms with E-state index in [2.05, 4.69) is 11.4 Å². The molecule has 0 aliphatic rings. The Kier molecular flexibility index (Phi) is 2.66. The topological polar surface area (TPSA) is 92.5 Å². The number of nitrogens with one attached hydrogen (secondary N) is 1. The number of aromatic carboxylic acids is 1. The molecule has 0 aliphatic carbocycles. The van der Waals surface area contributed by atoms with Gasteiger partial charge >= 0.3 is 5.97 Å². The van der Waals surface area contributed by atoms with Crippen LogP contribution in [0.15, 0.2) is 12.1 Å². The van der Waals surface area contributed by atoms with Crippen molar-refractivity contribution in [3.63, 3.8) is 0 Å². The number of rotatable bonds is 3. The molecule has 0 saturated heterocycles. The Morgan fingerprint density at radius 1 is 1.71 bits per heavy atom. The molecule has 0 fully saturated rings. The summed E-state index contributed by atoms with van der Waals surface area (Å²) in [7, 11) is 1.49. The molecule has 6 heteroatoms. The van der Waals surface area contributed by atoms with E-state index >= 15 is 0 Å². The lowest BCUT2D eigenvalue weighted by atomic mass is 10.1. The molecule has 0 heterocycles. The van der Waals surface area contributed by atoms with Crippen LogP contribution >= 0.6 is 0 Å². The molecular weight excluding hydrogens is 188 g/mol. The third kappa shape index (κ3) is 1.63. The van der Waals surface area contributed by atoms with Gasteiger partial charge in [0.05, 0.1) is 16.7 Å². The molecule has 1 aromatic rings. The van der Waals surface area contributed by atoms with Gasteiger partial charge in [0.15, 0.2) is 5.56 Å². The zero-order valence-corrected chi connectivity index (χ0v) is 7.27. The summed E-state index contributed by atoms with van der Waals surface area (Å²) >= 11 is 0. The van der Waals surface area contributed by atoms with Crippen molar-refractivity contribution < 1.29 is 14.8 Å². The first-order valence-corrected chi connectivity index (χ1v) is 3.68. The lowest BCUT2D eigenvalue weighted by Gasteiger charge is -2.04. The first-order valence-electron chi connectivity index (χ1n) is 3.68. The van der Waals surface area contributed by atoms with Crippen molar-refractivity contribution in [2.75, 3.05) is 12.4 Å². The van der Waals surface area contributed by atoms with Gasteiger partial charge in [-0.25, -0.2) is 4.79 Å². The maximum absolute atomic E-state index is 10.7. The highest BCUT2D eigenvalue weighted by Crippen LogP contribution is 2.25. The Morgan fingerprint density at radius 3 is 2.79 bits per heavy atom. The summed E-state index contributed by atoms with van der Waals surface area (Å²) in [4.78, 5) is 20.4. The summed E-state index contributed by atoms with van der Waals surface area (Å²) in [5, 5.41) is 21.8. The Morgan fingerprint density at radius 2 is 2.36 bits per heavy atom.